The van der Waals surface area contributed by atoms with Crippen molar-refractivity contribution < 1.29 is 23.8 Å². The van der Waals surface area contributed by atoms with Gasteiger partial charge in [-0.3, -0.25) is 9.59 Å². The van der Waals surface area contributed by atoms with Gasteiger partial charge in [-0.1, -0.05) is 35.9 Å². The summed E-state index contributed by atoms with van der Waals surface area (Å²) in [6.45, 7) is 2.87. The van der Waals surface area contributed by atoms with Crippen molar-refractivity contribution >= 4 is 34.3 Å². The number of rotatable bonds is 5. The first-order valence-electron chi connectivity index (χ1n) is 10.6. The first-order valence-corrected chi connectivity index (χ1v) is 11.0. The molecule has 164 valence electrons. The first-order chi connectivity index (χ1) is 15.4. The van der Waals surface area contributed by atoms with Crippen molar-refractivity contribution in [2.75, 3.05) is 13.2 Å². The molecule has 2 atom stereocenters. The Hall–Kier alpha value is -3.09. The Bertz CT molecular complexity index is 1250. The predicted octanol–water partition coefficient (Wildman–Crippen LogP) is 5.15. The number of carbonyl (C=O) groups excluding carboxylic acids is 2. The van der Waals surface area contributed by atoms with Gasteiger partial charge < -0.3 is 19.2 Å². The number of hydrogen-bond acceptors (Lipinski definition) is 5. The molecule has 2 aliphatic heterocycles. The molecule has 0 saturated carbocycles. The second kappa shape index (κ2) is 8.11. The van der Waals surface area contributed by atoms with Crippen LogP contribution in [0.4, 0.5) is 0 Å². The Morgan fingerprint density at radius 2 is 2.03 bits per heavy atom. The van der Waals surface area contributed by atoms with Gasteiger partial charge in [0.2, 0.25) is 5.78 Å². The third-order valence-corrected chi connectivity index (χ3v) is 6.39. The predicted molar refractivity (Wildman–Crippen MR) is 120 cm³/mol. The van der Waals surface area contributed by atoms with E-state index in [9.17, 15) is 14.7 Å². The van der Waals surface area contributed by atoms with E-state index in [-0.39, 0.29) is 17.4 Å². The lowest BCUT2D eigenvalue weighted by molar-refractivity contribution is -0.131. The number of benzene rings is 2. The number of aryl methyl sites for hydroxylation is 1. The highest BCUT2D eigenvalue weighted by atomic mass is 35.5. The average molecular weight is 452 g/mol. The van der Waals surface area contributed by atoms with E-state index in [4.69, 9.17) is 20.8 Å². The molecule has 0 radical (unpaired) electrons. The summed E-state index contributed by atoms with van der Waals surface area (Å²) in [6.07, 6.45) is 1.63. The minimum atomic E-state index is -0.725. The Balaban J connectivity index is 1.59. The van der Waals surface area contributed by atoms with E-state index in [1.54, 1.807) is 29.2 Å². The lowest BCUT2D eigenvalue weighted by Crippen LogP contribution is -2.37. The quantitative estimate of drug-likeness (QED) is 0.542. The molecule has 2 aliphatic rings. The van der Waals surface area contributed by atoms with Crippen molar-refractivity contribution in [1.29, 1.82) is 0 Å². The number of nitrogens with zero attached hydrogens (tertiary/aromatic N) is 1. The van der Waals surface area contributed by atoms with Gasteiger partial charge in [0, 0.05) is 23.6 Å². The first kappa shape index (κ1) is 20.8. The van der Waals surface area contributed by atoms with E-state index in [2.05, 4.69) is 0 Å². The van der Waals surface area contributed by atoms with E-state index in [0.29, 0.717) is 29.1 Å². The highest BCUT2D eigenvalue weighted by Crippen LogP contribution is 2.41. The monoisotopic (exact) mass is 451 g/mol. The lowest BCUT2D eigenvalue weighted by atomic mass is 9.92. The van der Waals surface area contributed by atoms with Crippen molar-refractivity contribution in [1.82, 2.24) is 4.90 Å². The highest BCUT2D eigenvalue weighted by Gasteiger charge is 2.45. The molecule has 2 unspecified atom stereocenters. The van der Waals surface area contributed by atoms with Crippen LogP contribution in [0.15, 0.2) is 64.3 Å². The van der Waals surface area contributed by atoms with Gasteiger partial charge >= 0.3 is 0 Å². The van der Waals surface area contributed by atoms with Gasteiger partial charge in [0.15, 0.2) is 11.5 Å². The molecule has 1 fully saturated rings. The summed E-state index contributed by atoms with van der Waals surface area (Å²) in [4.78, 5) is 28.2. The Morgan fingerprint density at radius 3 is 2.78 bits per heavy atom. The fourth-order valence-electron chi connectivity index (χ4n) is 4.56. The van der Waals surface area contributed by atoms with E-state index >= 15 is 0 Å². The molecule has 1 saturated heterocycles. The van der Waals surface area contributed by atoms with Crippen LogP contribution in [0.5, 0.6) is 0 Å². The molecule has 0 bridgehead atoms. The lowest BCUT2D eigenvalue weighted by Gasteiger charge is -2.29. The van der Waals surface area contributed by atoms with Gasteiger partial charge in [0.1, 0.15) is 5.58 Å². The van der Waals surface area contributed by atoms with Crippen LogP contribution in [-0.4, -0.2) is 41.0 Å². The van der Waals surface area contributed by atoms with Gasteiger partial charge in [-0.15, -0.1) is 0 Å². The molecule has 3 heterocycles. The summed E-state index contributed by atoms with van der Waals surface area (Å²) in [5, 5.41) is 12.0. The Kier molecular flexibility index (Phi) is 5.27. The maximum atomic E-state index is 13.6. The number of aliphatic hydroxyl groups excluding tert-OH is 1. The zero-order valence-corrected chi connectivity index (χ0v) is 18.3. The molecule has 0 spiro atoms. The number of fused-ring (bicyclic) bond motifs is 1. The SMILES string of the molecule is Cc1ccccc1C1C(C(=O)c2cc3cc(Cl)ccc3o2)=C(O)C(=O)N1CC1CCCO1. The van der Waals surface area contributed by atoms with Crippen LogP contribution >= 0.6 is 11.6 Å². The molecule has 3 aromatic rings. The molecule has 1 amide bonds. The molecule has 1 aromatic heterocycles. The summed E-state index contributed by atoms with van der Waals surface area (Å²) in [6, 6.07) is 13.5. The standard InChI is InChI=1S/C25H22ClNO5/c1-14-5-2-3-7-18(14)22-21(24(29)25(30)27(22)13-17-6-4-10-31-17)23(28)20-12-15-11-16(26)8-9-19(15)32-20/h2-3,5,7-9,11-12,17,22,29H,4,6,10,13H2,1H3. The number of halogens is 1. The maximum absolute atomic E-state index is 13.6. The zero-order chi connectivity index (χ0) is 22.4. The largest absolute Gasteiger partial charge is 0.503 e. The van der Waals surface area contributed by atoms with Crippen molar-refractivity contribution in [2.24, 2.45) is 0 Å². The Morgan fingerprint density at radius 1 is 1.22 bits per heavy atom. The average Bonchev–Trinajstić information content (AvgIpc) is 3.49. The van der Waals surface area contributed by atoms with Crippen molar-refractivity contribution in [3.8, 4) is 0 Å². The number of aliphatic hydroxyl groups is 1. The fourth-order valence-corrected chi connectivity index (χ4v) is 4.74. The van der Waals surface area contributed by atoms with Gasteiger partial charge in [-0.25, -0.2) is 0 Å². The second-order valence-corrected chi connectivity index (χ2v) is 8.67. The van der Waals surface area contributed by atoms with Crippen LogP contribution < -0.4 is 0 Å². The molecule has 7 heteroatoms. The van der Waals surface area contributed by atoms with Crippen molar-refractivity contribution in [2.45, 2.75) is 31.9 Å². The summed E-state index contributed by atoms with van der Waals surface area (Å²) in [5.74, 6) is -1.59. The summed E-state index contributed by atoms with van der Waals surface area (Å²) >= 11 is 6.06. The van der Waals surface area contributed by atoms with Crippen LogP contribution in [-0.2, 0) is 9.53 Å². The van der Waals surface area contributed by atoms with Crippen LogP contribution in [0.3, 0.4) is 0 Å². The molecular weight excluding hydrogens is 430 g/mol. The number of furan rings is 1. The number of carbonyl (C=O) groups is 2. The Labute approximate surface area is 190 Å². The van der Waals surface area contributed by atoms with E-state index in [0.717, 1.165) is 24.0 Å². The molecule has 1 N–H and O–H groups in total. The topological polar surface area (TPSA) is 80.0 Å². The van der Waals surface area contributed by atoms with Crippen molar-refractivity contribution in [3.05, 3.63) is 81.8 Å². The number of ketones is 1. The minimum Gasteiger partial charge on any atom is -0.503 e. The van der Waals surface area contributed by atoms with Gasteiger partial charge in [0.25, 0.3) is 5.91 Å². The van der Waals surface area contributed by atoms with Gasteiger partial charge in [-0.05, 0) is 55.2 Å². The smallest absolute Gasteiger partial charge is 0.290 e. The number of hydrogen-bond donors (Lipinski definition) is 1. The summed E-state index contributed by atoms with van der Waals surface area (Å²) < 4.78 is 11.5. The van der Waals surface area contributed by atoms with Crippen LogP contribution in [0.25, 0.3) is 11.0 Å². The van der Waals surface area contributed by atoms with Gasteiger partial charge in [0.05, 0.1) is 17.7 Å². The molecular formula is C25H22ClNO5. The minimum absolute atomic E-state index is 0.0208. The molecule has 2 aromatic carbocycles. The zero-order valence-electron chi connectivity index (χ0n) is 17.5. The van der Waals surface area contributed by atoms with Crippen molar-refractivity contribution in [3.63, 3.8) is 0 Å². The summed E-state index contributed by atoms with van der Waals surface area (Å²) in [7, 11) is 0. The third kappa shape index (κ3) is 3.49. The highest BCUT2D eigenvalue weighted by molar-refractivity contribution is 6.31. The molecule has 0 aliphatic carbocycles. The number of Topliss-reactive ketones (excluding diaryl/α,β-unsaturated/α-hetero) is 1. The molecule has 6 nitrogen and oxygen atoms in total. The normalized spacial score (nSPS) is 21.2. The third-order valence-electron chi connectivity index (χ3n) is 6.16. The molecule has 5 rings (SSSR count). The van der Waals surface area contributed by atoms with E-state index in [1.807, 2.05) is 31.2 Å². The second-order valence-electron chi connectivity index (χ2n) is 8.24. The molecule has 32 heavy (non-hydrogen) atoms. The van der Waals surface area contributed by atoms with Crippen LogP contribution in [0, 0.1) is 6.92 Å². The van der Waals surface area contributed by atoms with Crippen LogP contribution in [0.2, 0.25) is 5.02 Å². The number of amides is 1. The fraction of sp³-hybridized carbons (Fsp3) is 0.280. The maximum Gasteiger partial charge on any atom is 0.290 e. The van der Waals surface area contributed by atoms with E-state index in [1.165, 1.54) is 0 Å². The summed E-state index contributed by atoms with van der Waals surface area (Å²) in [5.41, 5.74) is 2.22. The van der Waals surface area contributed by atoms with E-state index < -0.39 is 23.5 Å². The van der Waals surface area contributed by atoms with Gasteiger partial charge in [-0.2, -0.15) is 0 Å². The van der Waals surface area contributed by atoms with Crippen LogP contribution in [0.1, 0.15) is 40.6 Å². The number of ether oxygens (including phenoxy) is 1.